The molecule has 2 heterocycles. The minimum atomic E-state index is -0.0575. The SMILES string of the molecule is Cc1cccc(C)c1NC(=O)C1CCCN(c2cc(-c3ccccc3)ncn2)C1. The summed E-state index contributed by atoms with van der Waals surface area (Å²) in [7, 11) is 0. The van der Waals surface area contributed by atoms with Crippen LogP contribution in [0.15, 0.2) is 60.9 Å². The van der Waals surface area contributed by atoms with Crippen LogP contribution in [0.25, 0.3) is 11.3 Å². The quantitative estimate of drug-likeness (QED) is 0.711. The van der Waals surface area contributed by atoms with Crippen LogP contribution in [0.5, 0.6) is 0 Å². The van der Waals surface area contributed by atoms with Gasteiger partial charge in [0, 0.05) is 30.4 Å². The number of nitrogens with zero attached hydrogens (tertiary/aromatic N) is 3. The Balaban J connectivity index is 1.49. The molecule has 5 heteroatoms. The molecule has 1 N–H and O–H groups in total. The first-order valence-corrected chi connectivity index (χ1v) is 10.1. The van der Waals surface area contributed by atoms with Crippen LogP contribution in [0.1, 0.15) is 24.0 Å². The first kappa shape index (κ1) is 19.1. The number of hydrogen-bond donors (Lipinski definition) is 1. The monoisotopic (exact) mass is 386 g/mol. The van der Waals surface area contributed by atoms with Crippen molar-refractivity contribution >= 4 is 17.4 Å². The van der Waals surface area contributed by atoms with E-state index in [2.05, 4.69) is 20.2 Å². The van der Waals surface area contributed by atoms with Gasteiger partial charge in [0.15, 0.2) is 0 Å². The number of rotatable bonds is 4. The fraction of sp³-hybridized carbons (Fsp3) is 0.292. The Kier molecular flexibility index (Phi) is 5.56. The zero-order valence-corrected chi connectivity index (χ0v) is 16.9. The molecule has 1 saturated heterocycles. The molecule has 148 valence electrons. The molecule has 0 bridgehead atoms. The number of para-hydroxylation sites is 1. The van der Waals surface area contributed by atoms with E-state index < -0.39 is 0 Å². The third kappa shape index (κ3) is 4.29. The fourth-order valence-corrected chi connectivity index (χ4v) is 3.92. The van der Waals surface area contributed by atoms with E-state index in [1.165, 1.54) is 0 Å². The van der Waals surface area contributed by atoms with E-state index in [0.717, 1.165) is 53.3 Å². The van der Waals surface area contributed by atoms with Gasteiger partial charge in [0.2, 0.25) is 5.91 Å². The first-order chi connectivity index (χ1) is 14.1. The van der Waals surface area contributed by atoms with Gasteiger partial charge in [-0.05, 0) is 37.8 Å². The topological polar surface area (TPSA) is 58.1 Å². The average Bonchev–Trinajstić information content (AvgIpc) is 2.77. The molecule has 29 heavy (non-hydrogen) atoms. The second kappa shape index (κ2) is 8.43. The number of carbonyl (C=O) groups excluding carboxylic acids is 1. The molecular weight excluding hydrogens is 360 g/mol. The van der Waals surface area contributed by atoms with Crippen LogP contribution in [-0.2, 0) is 4.79 Å². The van der Waals surface area contributed by atoms with Crippen LogP contribution in [0.3, 0.4) is 0 Å². The van der Waals surface area contributed by atoms with Crippen molar-refractivity contribution in [1.82, 2.24) is 9.97 Å². The lowest BCUT2D eigenvalue weighted by atomic mass is 9.96. The lowest BCUT2D eigenvalue weighted by Gasteiger charge is -2.33. The summed E-state index contributed by atoms with van der Waals surface area (Å²) < 4.78 is 0. The second-order valence-electron chi connectivity index (χ2n) is 7.67. The fourth-order valence-electron chi connectivity index (χ4n) is 3.92. The number of anilines is 2. The Morgan fingerprint density at radius 1 is 1.03 bits per heavy atom. The number of nitrogens with one attached hydrogen (secondary N) is 1. The summed E-state index contributed by atoms with van der Waals surface area (Å²) >= 11 is 0. The first-order valence-electron chi connectivity index (χ1n) is 10.1. The van der Waals surface area contributed by atoms with Gasteiger partial charge in [0.05, 0.1) is 11.6 Å². The zero-order chi connectivity index (χ0) is 20.2. The van der Waals surface area contributed by atoms with Gasteiger partial charge in [-0.15, -0.1) is 0 Å². The van der Waals surface area contributed by atoms with Crippen molar-refractivity contribution in [3.63, 3.8) is 0 Å². The smallest absolute Gasteiger partial charge is 0.229 e. The van der Waals surface area contributed by atoms with Crippen LogP contribution in [0.2, 0.25) is 0 Å². The van der Waals surface area contributed by atoms with Crippen molar-refractivity contribution < 1.29 is 4.79 Å². The third-order valence-electron chi connectivity index (χ3n) is 5.57. The molecule has 3 aromatic rings. The molecule has 1 aliphatic heterocycles. The molecule has 2 aromatic carbocycles. The standard InChI is InChI=1S/C24H26N4O/c1-17-8-6-9-18(2)23(17)27-24(29)20-12-7-13-28(15-20)22-14-21(25-16-26-22)19-10-4-3-5-11-19/h3-6,8-11,14,16,20H,7,12-13,15H2,1-2H3,(H,27,29). The molecule has 1 amide bonds. The molecule has 5 nitrogen and oxygen atoms in total. The van der Waals surface area contributed by atoms with E-state index >= 15 is 0 Å². The summed E-state index contributed by atoms with van der Waals surface area (Å²) in [5.41, 5.74) is 5.09. The summed E-state index contributed by atoms with van der Waals surface area (Å²) in [6.45, 7) is 5.63. The number of aromatic nitrogens is 2. The number of carbonyl (C=O) groups is 1. The summed E-state index contributed by atoms with van der Waals surface area (Å²) in [6, 6.07) is 18.2. The normalized spacial score (nSPS) is 16.5. The highest BCUT2D eigenvalue weighted by Crippen LogP contribution is 2.27. The molecule has 0 aliphatic carbocycles. The molecule has 1 fully saturated rings. The molecule has 1 unspecified atom stereocenters. The van der Waals surface area contributed by atoms with Gasteiger partial charge >= 0.3 is 0 Å². The third-order valence-corrected chi connectivity index (χ3v) is 5.57. The number of amides is 1. The Morgan fingerprint density at radius 3 is 2.55 bits per heavy atom. The summed E-state index contributed by atoms with van der Waals surface area (Å²) in [4.78, 5) is 24.1. The van der Waals surface area contributed by atoms with Gasteiger partial charge in [0.25, 0.3) is 0 Å². The Morgan fingerprint density at radius 2 is 1.79 bits per heavy atom. The molecular formula is C24H26N4O. The van der Waals surface area contributed by atoms with Crippen molar-refractivity contribution in [2.75, 3.05) is 23.3 Å². The van der Waals surface area contributed by atoms with Gasteiger partial charge in [-0.1, -0.05) is 48.5 Å². The Bertz CT molecular complexity index is 983. The van der Waals surface area contributed by atoms with Gasteiger partial charge in [-0.3, -0.25) is 4.79 Å². The van der Waals surface area contributed by atoms with Crippen molar-refractivity contribution in [2.24, 2.45) is 5.92 Å². The highest BCUT2D eigenvalue weighted by molar-refractivity contribution is 5.94. The lowest BCUT2D eigenvalue weighted by molar-refractivity contribution is -0.120. The minimum Gasteiger partial charge on any atom is -0.356 e. The van der Waals surface area contributed by atoms with Crippen molar-refractivity contribution in [3.8, 4) is 11.3 Å². The second-order valence-corrected chi connectivity index (χ2v) is 7.67. The summed E-state index contributed by atoms with van der Waals surface area (Å²) in [5.74, 6) is 0.908. The molecule has 1 aromatic heterocycles. The molecule has 1 aliphatic rings. The van der Waals surface area contributed by atoms with E-state index in [-0.39, 0.29) is 11.8 Å². The van der Waals surface area contributed by atoms with Crippen molar-refractivity contribution in [1.29, 1.82) is 0 Å². The highest BCUT2D eigenvalue weighted by atomic mass is 16.1. The predicted octanol–water partition coefficient (Wildman–Crippen LogP) is 4.62. The van der Waals surface area contributed by atoms with E-state index in [1.807, 2.05) is 68.4 Å². The molecule has 0 spiro atoms. The van der Waals surface area contributed by atoms with Crippen molar-refractivity contribution in [3.05, 3.63) is 72.1 Å². The van der Waals surface area contributed by atoms with E-state index in [0.29, 0.717) is 6.54 Å². The molecule has 0 radical (unpaired) electrons. The van der Waals surface area contributed by atoms with Crippen LogP contribution in [-0.4, -0.2) is 29.0 Å². The number of hydrogen-bond acceptors (Lipinski definition) is 4. The Hall–Kier alpha value is -3.21. The average molecular weight is 386 g/mol. The van der Waals surface area contributed by atoms with Crippen molar-refractivity contribution in [2.45, 2.75) is 26.7 Å². The maximum atomic E-state index is 13.0. The summed E-state index contributed by atoms with van der Waals surface area (Å²) in [5, 5.41) is 3.16. The van der Waals surface area contributed by atoms with E-state index in [1.54, 1.807) is 6.33 Å². The molecule has 1 atom stereocenters. The molecule has 4 rings (SSSR count). The van der Waals surface area contributed by atoms with Gasteiger partial charge in [-0.25, -0.2) is 9.97 Å². The van der Waals surface area contributed by atoms with Crippen LogP contribution in [0.4, 0.5) is 11.5 Å². The molecule has 0 saturated carbocycles. The van der Waals surface area contributed by atoms with Crippen LogP contribution < -0.4 is 10.2 Å². The van der Waals surface area contributed by atoms with Gasteiger partial charge in [-0.2, -0.15) is 0 Å². The predicted molar refractivity (Wildman–Crippen MR) is 117 cm³/mol. The highest BCUT2D eigenvalue weighted by Gasteiger charge is 2.27. The van der Waals surface area contributed by atoms with Gasteiger partial charge < -0.3 is 10.2 Å². The maximum absolute atomic E-state index is 13.0. The van der Waals surface area contributed by atoms with Crippen LogP contribution >= 0.6 is 0 Å². The van der Waals surface area contributed by atoms with E-state index in [9.17, 15) is 4.79 Å². The number of benzene rings is 2. The maximum Gasteiger partial charge on any atom is 0.229 e. The Labute approximate surface area is 171 Å². The number of piperidine rings is 1. The van der Waals surface area contributed by atoms with Gasteiger partial charge in [0.1, 0.15) is 12.1 Å². The summed E-state index contributed by atoms with van der Waals surface area (Å²) in [6.07, 6.45) is 3.47. The van der Waals surface area contributed by atoms with E-state index in [4.69, 9.17) is 0 Å². The largest absolute Gasteiger partial charge is 0.356 e. The lowest BCUT2D eigenvalue weighted by Crippen LogP contribution is -2.41. The minimum absolute atomic E-state index is 0.0575. The zero-order valence-electron chi connectivity index (χ0n) is 16.9. The van der Waals surface area contributed by atoms with Crippen LogP contribution in [0, 0.1) is 19.8 Å². The number of aryl methyl sites for hydroxylation is 2.